The highest BCUT2D eigenvalue weighted by Gasteiger charge is 2.30. The fourth-order valence-corrected chi connectivity index (χ4v) is 1.81. The Kier molecular flexibility index (Phi) is 5.52. The topological polar surface area (TPSA) is 46.3 Å². The molecule has 0 rings (SSSR count). The Morgan fingerprint density at radius 3 is 2.50 bits per heavy atom. The zero-order valence-electron chi connectivity index (χ0n) is 9.83. The third kappa shape index (κ3) is 3.50. The lowest BCUT2D eigenvalue weighted by molar-refractivity contribution is -0.136. The maximum Gasteiger partial charge on any atom is 0.242 e. The van der Waals surface area contributed by atoms with Gasteiger partial charge in [0.1, 0.15) is 0 Å². The van der Waals surface area contributed by atoms with Gasteiger partial charge in [-0.3, -0.25) is 4.79 Å². The minimum absolute atomic E-state index is 0.0292. The first-order valence-corrected chi connectivity index (χ1v) is 6.31. The molecule has 0 fully saturated rings. The van der Waals surface area contributed by atoms with Crippen LogP contribution in [0, 0.1) is 0 Å². The molecule has 0 aromatic heterocycles. The van der Waals surface area contributed by atoms with Gasteiger partial charge >= 0.3 is 0 Å². The molecule has 3 nitrogen and oxygen atoms in total. The highest BCUT2D eigenvalue weighted by Crippen LogP contribution is 2.12. The van der Waals surface area contributed by atoms with Crippen LogP contribution in [0.15, 0.2) is 0 Å². The van der Waals surface area contributed by atoms with Gasteiger partial charge in [-0.05, 0) is 26.5 Å². The van der Waals surface area contributed by atoms with E-state index in [0.29, 0.717) is 6.42 Å². The van der Waals surface area contributed by atoms with Gasteiger partial charge < -0.3 is 10.6 Å². The number of nitrogens with two attached hydrogens (primary N) is 1. The van der Waals surface area contributed by atoms with E-state index in [1.807, 2.05) is 27.2 Å². The maximum atomic E-state index is 11.9. The van der Waals surface area contributed by atoms with Gasteiger partial charge in [0.2, 0.25) is 5.91 Å². The Morgan fingerprint density at radius 2 is 2.14 bits per heavy atom. The van der Waals surface area contributed by atoms with Crippen LogP contribution >= 0.6 is 11.8 Å². The fraction of sp³-hybridized carbons (Fsp3) is 0.900. The Hall–Kier alpha value is -0.220. The molecular weight excluding hydrogens is 196 g/mol. The van der Waals surface area contributed by atoms with Crippen molar-refractivity contribution in [3.8, 4) is 0 Å². The second-order valence-electron chi connectivity index (χ2n) is 3.99. The predicted octanol–water partition coefficient (Wildman–Crippen LogP) is 1.32. The molecule has 0 spiro atoms. The van der Waals surface area contributed by atoms with E-state index in [9.17, 15) is 4.79 Å². The van der Waals surface area contributed by atoms with Crippen molar-refractivity contribution in [2.75, 3.05) is 19.1 Å². The molecule has 0 aliphatic carbocycles. The van der Waals surface area contributed by atoms with Crippen LogP contribution in [0.25, 0.3) is 0 Å². The van der Waals surface area contributed by atoms with E-state index in [0.717, 1.165) is 5.75 Å². The van der Waals surface area contributed by atoms with E-state index >= 15 is 0 Å². The van der Waals surface area contributed by atoms with Gasteiger partial charge in [-0.25, -0.2) is 0 Å². The number of thioether (sulfide) groups is 1. The summed E-state index contributed by atoms with van der Waals surface area (Å²) in [6, 6.07) is 0.243. The number of rotatable bonds is 5. The summed E-state index contributed by atoms with van der Waals surface area (Å²) in [5.41, 5.74) is 5.18. The molecule has 0 aliphatic heterocycles. The van der Waals surface area contributed by atoms with Crippen molar-refractivity contribution in [2.24, 2.45) is 5.73 Å². The van der Waals surface area contributed by atoms with Crippen LogP contribution in [0.5, 0.6) is 0 Å². The fourth-order valence-electron chi connectivity index (χ4n) is 1.11. The zero-order valence-corrected chi connectivity index (χ0v) is 10.6. The van der Waals surface area contributed by atoms with E-state index in [1.54, 1.807) is 23.6 Å². The average molecular weight is 218 g/mol. The molecule has 2 N–H and O–H groups in total. The Bertz CT molecular complexity index is 195. The number of amides is 1. The van der Waals surface area contributed by atoms with Crippen molar-refractivity contribution >= 4 is 17.7 Å². The van der Waals surface area contributed by atoms with Gasteiger partial charge in [0, 0.05) is 18.8 Å². The first-order chi connectivity index (χ1) is 6.36. The van der Waals surface area contributed by atoms with Gasteiger partial charge in [-0.15, -0.1) is 0 Å². The molecule has 0 aliphatic rings. The van der Waals surface area contributed by atoms with Gasteiger partial charge in [0.05, 0.1) is 5.54 Å². The lowest BCUT2D eigenvalue weighted by atomic mass is 9.98. The Labute approximate surface area is 91.4 Å². The van der Waals surface area contributed by atoms with Crippen LogP contribution in [0.2, 0.25) is 0 Å². The highest BCUT2D eigenvalue weighted by atomic mass is 32.2. The number of hydrogen-bond acceptors (Lipinski definition) is 3. The lowest BCUT2D eigenvalue weighted by Crippen LogP contribution is -2.54. The van der Waals surface area contributed by atoms with Crippen LogP contribution < -0.4 is 5.73 Å². The molecule has 0 bridgehead atoms. The number of hydrogen-bond donors (Lipinski definition) is 1. The Morgan fingerprint density at radius 1 is 1.64 bits per heavy atom. The molecule has 0 aromatic carbocycles. The summed E-state index contributed by atoms with van der Waals surface area (Å²) in [7, 11) is 1.82. The minimum atomic E-state index is -0.721. The third-order valence-corrected chi connectivity index (χ3v) is 3.43. The standard InChI is InChI=1S/C10H22N2OS/c1-6-10(3,11)9(13)12(4)8(2)7-14-5/h8H,6-7,11H2,1-5H3. The molecule has 2 atom stereocenters. The van der Waals surface area contributed by atoms with Crippen LogP contribution in [0.1, 0.15) is 27.2 Å². The quantitative estimate of drug-likeness (QED) is 0.757. The largest absolute Gasteiger partial charge is 0.341 e. The van der Waals surface area contributed by atoms with E-state index < -0.39 is 5.54 Å². The summed E-state index contributed by atoms with van der Waals surface area (Å²) in [6.45, 7) is 5.77. The second kappa shape index (κ2) is 5.61. The summed E-state index contributed by atoms with van der Waals surface area (Å²) >= 11 is 1.74. The molecule has 84 valence electrons. The average Bonchev–Trinajstić information content (AvgIpc) is 2.15. The predicted molar refractivity (Wildman–Crippen MR) is 63.5 cm³/mol. The SMILES string of the molecule is CCC(C)(N)C(=O)N(C)C(C)CSC. The van der Waals surface area contributed by atoms with Crippen molar-refractivity contribution in [2.45, 2.75) is 38.8 Å². The van der Waals surface area contributed by atoms with Crippen molar-refractivity contribution in [3.05, 3.63) is 0 Å². The smallest absolute Gasteiger partial charge is 0.242 e. The van der Waals surface area contributed by atoms with Crippen molar-refractivity contribution in [1.29, 1.82) is 0 Å². The molecule has 4 heteroatoms. The minimum Gasteiger partial charge on any atom is -0.341 e. The summed E-state index contributed by atoms with van der Waals surface area (Å²) in [5, 5.41) is 0. The van der Waals surface area contributed by atoms with Crippen LogP contribution in [-0.4, -0.2) is 41.4 Å². The molecule has 1 amide bonds. The summed E-state index contributed by atoms with van der Waals surface area (Å²) in [5.74, 6) is 0.976. The lowest BCUT2D eigenvalue weighted by Gasteiger charge is -2.32. The number of likely N-dealkylation sites (N-methyl/N-ethyl adjacent to an activating group) is 1. The first-order valence-electron chi connectivity index (χ1n) is 4.92. The highest BCUT2D eigenvalue weighted by molar-refractivity contribution is 7.98. The number of carbonyl (C=O) groups excluding carboxylic acids is 1. The van der Waals surface area contributed by atoms with Crippen LogP contribution in [0.4, 0.5) is 0 Å². The molecule has 2 unspecified atom stereocenters. The number of nitrogens with zero attached hydrogens (tertiary/aromatic N) is 1. The van der Waals surface area contributed by atoms with Gasteiger partial charge in [-0.2, -0.15) is 11.8 Å². The van der Waals surface area contributed by atoms with Crippen molar-refractivity contribution in [3.63, 3.8) is 0 Å². The van der Waals surface area contributed by atoms with Gasteiger partial charge in [0.25, 0.3) is 0 Å². The van der Waals surface area contributed by atoms with Gasteiger partial charge in [0.15, 0.2) is 0 Å². The third-order valence-electron chi connectivity index (χ3n) is 2.61. The van der Waals surface area contributed by atoms with Gasteiger partial charge in [-0.1, -0.05) is 6.92 Å². The van der Waals surface area contributed by atoms with Crippen LogP contribution in [-0.2, 0) is 4.79 Å². The van der Waals surface area contributed by atoms with Crippen molar-refractivity contribution in [1.82, 2.24) is 4.90 Å². The molecule has 14 heavy (non-hydrogen) atoms. The van der Waals surface area contributed by atoms with E-state index in [1.165, 1.54) is 0 Å². The second-order valence-corrected chi connectivity index (χ2v) is 4.90. The summed E-state index contributed by atoms with van der Waals surface area (Å²) in [6.07, 6.45) is 2.71. The molecule has 0 saturated heterocycles. The first kappa shape index (κ1) is 13.8. The van der Waals surface area contributed by atoms with E-state index in [-0.39, 0.29) is 11.9 Å². The molecule has 0 saturated carbocycles. The van der Waals surface area contributed by atoms with E-state index in [4.69, 9.17) is 5.73 Å². The monoisotopic (exact) mass is 218 g/mol. The van der Waals surface area contributed by atoms with E-state index in [2.05, 4.69) is 0 Å². The summed E-state index contributed by atoms with van der Waals surface area (Å²) in [4.78, 5) is 13.7. The zero-order chi connectivity index (χ0) is 11.4. The Balaban J connectivity index is 4.38. The number of carbonyl (C=O) groups is 1. The maximum absolute atomic E-state index is 11.9. The van der Waals surface area contributed by atoms with Crippen LogP contribution in [0.3, 0.4) is 0 Å². The molecular formula is C10H22N2OS. The molecule has 0 radical (unpaired) electrons. The summed E-state index contributed by atoms with van der Waals surface area (Å²) < 4.78 is 0. The van der Waals surface area contributed by atoms with Crippen molar-refractivity contribution < 1.29 is 4.79 Å². The normalized spacial score (nSPS) is 17.3. The molecule has 0 aromatic rings. The molecule has 0 heterocycles.